The van der Waals surface area contributed by atoms with Gasteiger partial charge in [-0.2, -0.15) is 0 Å². The summed E-state index contributed by atoms with van der Waals surface area (Å²) in [7, 11) is 1.83. The molecule has 3 heteroatoms. The third-order valence-electron chi connectivity index (χ3n) is 10.4. The minimum absolute atomic E-state index is 0.0223. The SMILES string of the molecule is C=C1[C@H](O)C[C@H]2CC12[C@H](/C=C1\CCC[C@]2(C)[C@@H]([C@H](C)/C=C/C(C)(O)C(C)C)CC[C@@H]12)OC. The standard InChI is InChI=1S/C29H46O3/c1-18(2)28(6,31)14-12-19(3)23-10-11-24-21(9-8-13-27(23,24)5)15-26(32-7)29-17-22(29)16-25(30)20(29)4/h12,14-15,18-19,22-26,30-31H,4,8-11,13,16-17H2,1-3,5-7H3/b14-12+,21-15+/t19-,22+,23-,24+,25-,26+,27-,28?,29?/m1/s1. The molecular weight excluding hydrogens is 396 g/mol. The Balaban J connectivity index is 1.54. The van der Waals surface area contributed by atoms with E-state index in [1.807, 2.05) is 20.1 Å². The molecule has 0 heterocycles. The number of methoxy groups -OCH3 is 1. The lowest BCUT2D eigenvalue weighted by atomic mass is 9.61. The number of aliphatic hydroxyl groups excluding tert-OH is 1. The first-order valence-electron chi connectivity index (χ1n) is 13.0. The molecule has 9 atom stereocenters. The molecule has 2 N–H and O–H groups in total. The largest absolute Gasteiger partial charge is 0.389 e. The van der Waals surface area contributed by atoms with Crippen LogP contribution in [0.2, 0.25) is 0 Å². The third kappa shape index (κ3) is 3.77. The molecule has 180 valence electrons. The molecular formula is C29H46O3. The Morgan fingerprint density at radius 3 is 2.56 bits per heavy atom. The zero-order valence-corrected chi connectivity index (χ0v) is 21.2. The maximum absolute atomic E-state index is 10.7. The van der Waals surface area contributed by atoms with Crippen LogP contribution in [0.4, 0.5) is 0 Å². The van der Waals surface area contributed by atoms with E-state index in [-0.39, 0.29) is 23.5 Å². The molecule has 0 saturated heterocycles. The molecule has 0 aromatic heterocycles. The smallest absolute Gasteiger partial charge is 0.0851 e. The zero-order valence-electron chi connectivity index (χ0n) is 21.2. The molecule has 4 rings (SSSR count). The fourth-order valence-corrected chi connectivity index (χ4v) is 7.73. The van der Waals surface area contributed by atoms with E-state index in [1.54, 1.807) is 5.57 Å². The Morgan fingerprint density at radius 1 is 1.25 bits per heavy atom. The summed E-state index contributed by atoms with van der Waals surface area (Å²) < 4.78 is 6.07. The molecule has 32 heavy (non-hydrogen) atoms. The zero-order chi connectivity index (χ0) is 23.5. The Kier molecular flexibility index (Phi) is 6.36. The van der Waals surface area contributed by atoms with Gasteiger partial charge in [0.25, 0.3) is 0 Å². The summed E-state index contributed by atoms with van der Waals surface area (Å²) in [6.07, 6.45) is 14.7. The van der Waals surface area contributed by atoms with Crippen LogP contribution in [0, 0.1) is 40.4 Å². The number of allylic oxidation sites excluding steroid dienone is 2. The Bertz CT molecular complexity index is 792. The summed E-state index contributed by atoms with van der Waals surface area (Å²) in [6, 6.07) is 0. The van der Waals surface area contributed by atoms with E-state index < -0.39 is 5.60 Å². The van der Waals surface area contributed by atoms with Crippen LogP contribution in [0.3, 0.4) is 0 Å². The summed E-state index contributed by atoms with van der Waals surface area (Å²) in [5.41, 5.74) is 2.14. The van der Waals surface area contributed by atoms with Crippen molar-refractivity contribution in [3.05, 3.63) is 36.0 Å². The highest BCUT2D eigenvalue weighted by molar-refractivity contribution is 5.38. The Hall–Kier alpha value is -0.900. The minimum Gasteiger partial charge on any atom is -0.389 e. The maximum Gasteiger partial charge on any atom is 0.0851 e. The number of hydrogen-bond donors (Lipinski definition) is 2. The van der Waals surface area contributed by atoms with Crippen molar-refractivity contribution in [1.29, 1.82) is 0 Å². The van der Waals surface area contributed by atoms with Crippen molar-refractivity contribution in [1.82, 2.24) is 0 Å². The average Bonchev–Trinajstić information content (AvgIpc) is 3.24. The maximum atomic E-state index is 10.7. The van der Waals surface area contributed by atoms with Crippen LogP contribution in [-0.4, -0.2) is 35.1 Å². The van der Waals surface area contributed by atoms with E-state index >= 15 is 0 Å². The van der Waals surface area contributed by atoms with Crippen molar-refractivity contribution < 1.29 is 14.9 Å². The normalized spacial score (nSPS) is 44.0. The molecule has 0 aliphatic heterocycles. The van der Waals surface area contributed by atoms with Gasteiger partial charge in [0.1, 0.15) is 0 Å². The summed E-state index contributed by atoms with van der Waals surface area (Å²) >= 11 is 0. The molecule has 0 bridgehead atoms. The second-order valence-corrected chi connectivity index (χ2v) is 12.3. The van der Waals surface area contributed by atoms with Gasteiger partial charge in [-0.05, 0) is 92.4 Å². The molecule has 0 aromatic rings. The first kappa shape index (κ1) is 24.2. The molecule has 4 fully saturated rings. The molecule has 4 saturated carbocycles. The number of hydrogen-bond acceptors (Lipinski definition) is 3. The van der Waals surface area contributed by atoms with Crippen LogP contribution < -0.4 is 0 Å². The van der Waals surface area contributed by atoms with Crippen LogP contribution >= 0.6 is 0 Å². The monoisotopic (exact) mass is 442 g/mol. The van der Waals surface area contributed by atoms with Crippen LogP contribution in [0.15, 0.2) is 36.0 Å². The second kappa shape index (κ2) is 8.40. The summed E-state index contributed by atoms with van der Waals surface area (Å²) in [5, 5.41) is 21.0. The molecule has 4 aliphatic carbocycles. The van der Waals surface area contributed by atoms with Crippen molar-refractivity contribution in [3.63, 3.8) is 0 Å². The summed E-state index contributed by atoms with van der Waals surface area (Å²) in [6.45, 7) is 15.2. The van der Waals surface area contributed by atoms with Gasteiger partial charge in [-0.3, -0.25) is 0 Å². The lowest BCUT2D eigenvalue weighted by molar-refractivity contribution is 0.0605. The quantitative estimate of drug-likeness (QED) is 0.470. The number of rotatable bonds is 7. The van der Waals surface area contributed by atoms with E-state index in [1.165, 1.54) is 32.1 Å². The van der Waals surface area contributed by atoms with Crippen LogP contribution in [0.25, 0.3) is 0 Å². The van der Waals surface area contributed by atoms with E-state index in [2.05, 4.69) is 46.4 Å². The van der Waals surface area contributed by atoms with Gasteiger partial charge in [-0.1, -0.05) is 58.1 Å². The van der Waals surface area contributed by atoms with Crippen LogP contribution in [0.5, 0.6) is 0 Å². The molecule has 0 spiro atoms. The molecule has 0 amide bonds. The lowest BCUT2D eigenvalue weighted by Gasteiger charge is -2.44. The first-order chi connectivity index (χ1) is 15.0. The van der Waals surface area contributed by atoms with Gasteiger partial charge < -0.3 is 14.9 Å². The van der Waals surface area contributed by atoms with E-state index in [9.17, 15) is 10.2 Å². The average molecular weight is 443 g/mol. The van der Waals surface area contributed by atoms with Crippen molar-refractivity contribution in [2.24, 2.45) is 40.4 Å². The summed E-state index contributed by atoms with van der Waals surface area (Å²) in [4.78, 5) is 0. The fraction of sp³-hybridized carbons (Fsp3) is 0.793. The lowest BCUT2D eigenvalue weighted by Crippen LogP contribution is -2.37. The predicted octanol–water partition coefficient (Wildman–Crippen LogP) is 6.07. The van der Waals surface area contributed by atoms with Gasteiger partial charge in [0.15, 0.2) is 0 Å². The third-order valence-corrected chi connectivity index (χ3v) is 10.4. The van der Waals surface area contributed by atoms with Crippen molar-refractivity contribution in [2.75, 3.05) is 7.11 Å². The topological polar surface area (TPSA) is 49.7 Å². The highest BCUT2D eigenvalue weighted by Crippen LogP contribution is 2.69. The van der Waals surface area contributed by atoms with Gasteiger partial charge in [0, 0.05) is 12.5 Å². The highest BCUT2D eigenvalue weighted by Gasteiger charge is 2.66. The highest BCUT2D eigenvalue weighted by atomic mass is 16.5. The molecule has 0 radical (unpaired) electrons. The van der Waals surface area contributed by atoms with Crippen molar-refractivity contribution in [2.45, 2.75) is 97.4 Å². The molecule has 4 aliphatic rings. The number of aliphatic hydroxyl groups is 2. The van der Waals surface area contributed by atoms with Gasteiger partial charge >= 0.3 is 0 Å². The second-order valence-electron chi connectivity index (χ2n) is 12.3. The van der Waals surface area contributed by atoms with E-state index in [4.69, 9.17) is 4.74 Å². The van der Waals surface area contributed by atoms with Crippen LogP contribution in [-0.2, 0) is 4.74 Å². The van der Waals surface area contributed by atoms with E-state index in [0.29, 0.717) is 29.1 Å². The Labute approximate surface area is 196 Å². The number of ether oxygens (including phenoxy) is 1. The van der Waals surface area contributed by atoms with Gasteiger partial charge in [0.05, 0.1) is 17.8 Å². The minimum atomic E-state index is -0.745. The predicted molar refractivity (Wildman–Crippen MR) is 131 cm³/mol. The van der Waals surface area contributed by atoms with Gasteiger partial charge in [0.2, 0.25) is 0 Å². The summed E-state index contributed by atoms with van der Waals surface area (Å²) in [5.74, 6) is 2.48. The first-order valence-corrected chi connectivity index (χ1v) is 13.0. The van der Waals surface area contributed by atoms with Crippen molar-refractivity contribution in [3.8, 4) is 0 Å². The van der Waals surface area contributed by atoms with Crippen LogP contribution in [0.1, 0.15) is 79.6 Å². The fourth-order valence-electron chi connectivity index (χ4n) is 7.73. The van der Waals surface area contributed by atoms with E-state index in [0.717, 1.165) is 18.4 Å². The molecule has 0 aromatic carbocycles. The number of fused-ring (bicyclic) bond motifs is 2. The molecule has 2 unspecified atom stereocenters. The van der Waals surface area contributed by atoms with Gasteiger partial charge in [-0.25, -0.2) is 0 Å². The molecule has 3 nitrogen and oxygen atoms in total. The Morgan fingerprint density at radius 2 is 1.97 bits per heavy atom. The van der Waals surface area contributed by atoms with Crippen molar-refractivity contribution >= 4 is 0 Å². The van der Waals surface area contributed by atoms with Gasteiger partial charge in [-0.15, -0.1) is 0 Å².